The van der Waals surface area contributed by atoms with Gasteiger partial charge in [0.05, 0.1) is 25.3 Å². The molecule has 0 aliphatic heterocycles. The summed E-state index contributed by atoms with van der Waals surface area (Å²) in [4.78, 5) is 21.6. The second-order valence-corrected chi connectivity index (χ2v) is 3.90. The fourth-order valence-corrected chi connectivity index (χ4v) is 1.41. The normalized spacial score (nSPS) is 9.05. The molecule has 0 aliphatic rings. The number of ether oxygens (including phenoxy) is 2. The quantitative estimate of drug-likeness (QED) is 0.860. The Morgan fingerprint density at radius 3 is 1.62 bits per heavy atom. The van der Waals surface area contributed by atoms with Gasteiger partial charge in [0, 0.05) is 0 Å². The molecule has 21 heavy (non-hydrogen) atoms. The van der Waals surface area contributed by atoms with Gasteiger partial charge >= 0.3 is 11.9 Å². The molecule has 0 saturated carbocycles. The lowest BCUT2D eigenvalue weighted by Gasteiger charge is -1.97. The molecule has 0 bridgehead atoms. The maximum atomic E-state index is 10.8. The van der Waals surface area contributed by atoms with Crippen LogP contribution >= 0.6 is 0 Å². The number of phenols is 1. The number of esters is 2. The van der Waals surface area contributed by atoms with Crippen LogP contribution in [0, 0.1) is 0 Å². The van der Waals surface area contributed by atoms with E-state index in [9.17, 15) is 9.59 Å². The fraction of sp³-hybridized carbons (Fsp3) is 0.125. The molecule has 0 atom stereocenters. The van der Waals surface area contributed by atoms with Gasteiger partial charge in [-0.1, -0.05) is 18.2 Å². The van der Waals surface area contributed by atoms with Gasteiger partial charge in [0.25, 0.3) is 0 Å². The Morgan fingerprint density at radius 2 is 1.19 bits per heavy atom. The Bertz CT molecular complexity index is 575. The summed E-state index contributed by atoms with van der Waals surface area (Å²) in [6, 6.07) is 14.8. The van der Waals surface area contributed by atoms with E-state index in [2.05, 4.69) is 9.47 Å². The second-order valence-electron chi connectivity index (χ2n) is 3.90. The Labute approximate surface area is 122 Å². The van der Waals surface area contributed by atoms with Crippen molar-refractivity contribution in [1.82, 2.24) is 0 Å². The van der Waals surface area contributed by atoms with Gasteiger partial charge in [0.15, 0.2) is 0 Å². The van der Waals surface area contributed by atoms with Crippen LogP contribution in [0.2, 0.25) is 0 Å². The van der Waals surface area contributed by atoms with Crippen LogP contribution in [0.1, 0.15) is 20.7 Å². The standard InChI is InChI=1S/C8H8O3.C8H8O2/c1-11-8(10)6-2-4-7(9)5-3-6;1-10-8(9)7-5-3-2-4-6-7/h2-5,9H,1H3;2-6H,1H3. The van der Waals surface area contributed by atoms with Gasteiger partial charge in [-0.05, 0) is 36.4 Å². The van der Waals surface area contributed by atoms with E-state index in [0.29, 0.717) is 11.1 Å². The SMILES string of the molecule is COC(=O)c1ccc(O)cc1.COC(=O)c1ccccc1. The van der Waals surface area contributed by atoms with Crippen molar-refractivity contribution >= 4 is 11.9 Å². The molecule has 0 heterocycles. The monoisotopic (exact) mass is 288 g/mol. The summed E-state index contributed by atoms with van der Waals surface area (Å²) in [5, 5.41) is 8.86. The molecule has 0 radical (unpaired) electrons. The molecule has 0 fully saturated rings. The highest BCUT2D eigenvalue weighted by molar-refractivity contribution is 5.89. The van der Waals surface area contributed by atoms with Crippen LogP contribution in [0.25, 0.3) is 0 Å². The van der Waals surface area contributed by atoms with Crippen LogP contribution in [-0.4, -0.2) is 31.3 Å². The highest BCUT2D eigenvalue weighted by Gasteiger charge is 2.02. The first-order chi connectivity index (χ1) is 10.1. The van der Waals surface area contributed by atoms with E-state index in [1.165, 1.54) is 38.5 Å². The zero-order valence-electron chi connectivity index (χ0n) is 11.8. The topological polar surface area (TPSA) is 72.8 Å². The molecule has 110 valence electrons. The van der Waals surface area contributed by atoms with E-state index in [1.54, 1.807) is 24.3 Å². The molecule has 0 unspecified atom stereocenters. The van der Waals surface area contributed by atoms with Gasteiger partial charge in [-0.15, -0.1) is 0 Å². The van der Waals surface area contributed by atoms with Gasteiger partial charge < -0.3 is 14.6 Å². The molecule has 0 saturated heterocycles. The summed E-state index contributed by atoms with van der Waals surface area (Å²) < 4.78 is 8.95. The van der Waals surface area contributed by atoms with Crippen molar-refractivity contribution in [3.05, 3.63) is 65.7 Å². The number of benzene rings is 2. The summed E-state index contributed by atoms with van der Waals surface area (Å²) in [6.07, 6.45) is 0. The highest BCUT2D eigenvalue weighted by Crippen LogP contribution is 2.09. The van der Waals surface area contributed by atoms with Crippen molar-refractivity contribution in [3.8, 4) is 5.75 Å². The number of phenolic OH excluding ortho intramolecular Hbond substituents is 1. The van der Waals surface area contributed by atoms with Crippen LogP contribution in [0.3, 0.4) is 0 Å². The molecule has 5 nitrogen and oxygen atoms in total. The smallest absolute Gasteiger partial charge is 0.337 e. The highest BCUT2D eigenvalue weighted by atomic mass is 16.5. The van der Waals surface area contributed by atoms with Crippen LogP contribution in [0.5, 0.6) is 5.75 Å². The number of hydrogen-bond donors (Lipinski definition) is 1. The Morgan fingerprint density at radius 1 is 0.762 bits per heavy atom. The zero-order valence-corrected chi connectivity index (χ0v) is 11.8. The van der Waals surface area contributed by atoms with Crippen LogP contribution in [0.4, 0.5) is 0 Å². The van der Waals surface area contributed by atoms with Crippen molar-refractivity contribution in [2.24, 2.45) is 0 Å². The minimum Gasteiger partial charge on any atom is -0.508 e. The van der Waals surface area contributed by atoms with Crippen molar-refractivity contribution in [1.29, 1.82) is 0 Å². The van der Waals surface area contributed by atoms with Gasteiger partial charge in [-0.25, -0.2) is 9.59 Å². The van der Waals surface area contributed by atoms with Crippen molar-refractivity contribution < 1.29 is 24.2 Å². The fourth-order valence-electron chi connectivity index (χ4n) is 1.41. The molecular formula is C16H16O5. The third-order valence-corrected chi connectivity index (χ3v) is 2.48. The van der Waals surface area contributed by atoms with Gasteiger partial charge in [0.2, 0.25) is 0 Å². The average molecular weight is 288 g/mol. The third kappa shape index (κ3) is 5.36. The van der Waals surface area contributed by atoms with E-state index in [1.807, 2.05) is 6.07 Å². The van der Waals surface area contributed by atoms with Crippen molar-refractivity contribution in [2.45, 2.75) is 0 Å². The van der Waals surface area contributed by atoms with Crippen LogP contribution in [0.15, 0.2) is 54.6 Å². The number of carbonyl (C=O) groups excluding carboxylic acids is 2. The van der Waals surface area contributed by atoms with E-state index in [4.69, 9.17) is 5.11 Å². The maximum absolute atomic E-state index is 10.8. The number of rotatable bonds is 2. The summed E-state index contributed by atoms with van der Waals surface area (Å²) >= 11 is 0. The van der Waals surface area contributed by atoms with Gasteiger partial charge in [-0.2, -0.15) is 0 Å². The summed E-state index contributed by atoms with van der Waals surface area (Å²) in [6.45, 7) is 0. The third-order valence-electron chi connectivity index (χ3n) is 2.48. The number of hydrogen-bond acceptors (Lipinski definition) is 5. The molecule has 1 N–H and O–H groups in total. The molecule has 0 aromatic heterocycles. The predicted octanol–water partition coefficient (Wildman–Crippen LogP) is 2.65. The molecule has 0 spiro atoms. The second kappa shape index (κ2) is 8.37. The predicted molar refractivity (Wildman–Crippen MR) is 77.2 cm³/mol. The average Bonchev–Trinajstić information content (AvgIpc) is 2.55. The molecule has 2 aromatic carbocycles. The lowest BCUT2D eigenvalue weighted by molar-refractivity contribution is 0.0592. The summed E-state index contributed by atoms with van der Waals surface area (Å²) in [5.74, 6) is -0.553. The summed E-state index contributed by atoms with van der Waals surface area (Å²) in [7, 11) is 2.69. The first kappa shape index (κ1) is 16.2. The van der Waals surface area contributed by atoms with Gasteiger partial charge in [0.1, 0.15) is 5.75 Å². The summed E-state index contributed by atoms with van der Waals surface area (Å²) in [5.41, 5.74) is 1.02. The Kier molecular flexibility index (Phi) is 6.47. The minimum absolute atomic E-state index is 0.137. The van der Waals surface area contributed by atoms with E-state index >= 15 is 0 Å². The molecule has 2 rings (SSSR count). The zero-order chi connectivity index (χ0) is 15.7. The minimum atomic E-state index is -0.398. The van der Waals surface area contributed by atoms with E-state index < -0.39 is 5.97 Å². The van der Waals surface area contributed by atoms with Crippen molar-refractivity contribution in [3.63, 3.8) is 0 Å². The van der Waals surface area contributed by atoms with Crippen LogP contribution < -0.4 is 0 Å². The van der Waals surface area contributed by atoms with E-state index in [-0.39, 0.29) is 11.7 Å². The molecule has 0 aliphatic carbocycles. The largest absolute Gasteiger partial charge is 0.508 e. The first-order valence-electron chi connectivity index (χ1n) is 6.09. The molecule has 5 heteroatoms. The molecule has 2 aromatic rings. The van der Waals surface area contributed by atoms with Crippen molar-refractivity contribution in [2.75, 3.05) is 14.2 Å². The maximum Gasteiger partial charge on any atom is 0.337 e. The van der Waals surface area contributed by atoms with Crippen LogP contribution in [-0.2, 0) is 9.47 Å². The lowest BCUT2D eigenvalue weighted by atomic mass is 10.2. The molecular weight excluding hydrogens is 272 g/mol. The van der Waals surface area contributed by atoms with E-state index in [0.717, 1.165) is 0 Å². The van der Waals surface area contributed by atoms with Gasteiger partial charge in [-0.3, -0.25) is 0 Å². The number of carbonyl (C=O) groups is 2. The Balaban J connectivity index is 0.000000211. The molecule has 0 amide bonds. The Hall–Kier alpha value is -2.82. The lowest BCUT2D eigenvalue weighted by Crippen LogP contribution is -1.99. The number of methoxy groups -OCH3 is 2. The first-order valence-corrected chi connectivity index (χ1v) is 6.09. The number of aromatic hydroxyl groups is 1.